The van der Waals surface area contributed by atoms with Crippen LogP contribution in [0.3, 0.4) is 0 Å². The second-order valence-electron chi connectivity index (χ2n) is 6.09. The van der Waals surface area contributed by atoms with E-state index in [0.717, 1.165) is 5.56 Å². The van der Waals surface area contributed by atoms with Crippen LogP contribution in [0.5, 0.6) is 11.5 Å². The summed E-state index contributed by atoms with van der Waals surface area (Å²) < 4.78 is 10.5. The highest BCUT2D eigenvalue weighted by Gasteiger charge is 2.24. The molecule has 120 valence electrons. The number of aliphatic hydroxyl groups excluding tert-OH is 1. The minimum Gasteiger partial charge on any atom is -0.493 e. The Labute approximate surface area is 132 Å². The molecule has 0 aliphatic rings. The van der Waals surface area contributed by atoms with E-state index in [2.05, 4.69) is 26.1 Å². The van der Waals surface area contributed by atoms with Crippen molar-refractivity contribution in [2.45, 2.75) is 39.8 Å². The van der Waals surface area contributed by atoms with Gasteiger partial charge in [0.1, 0.15) is 0 Å². The van der Waals surface area contributed by atoms with Crippen LogP contribution in [0.25, 0.3) is 0 Å². The van der Waals surface area contributed by atoms with Gasteiger partial charge >= 0.3 is 0 Å². The minimum absolute atomic E-state index is 0.0613. The number of benzene rings is 1. The molecule has 0 fully saturated rings. The summed E-state index contributed by atoms with van der Waals surface area (Å²) in [6.45, 7) is 7.22. The Hall–Kier alpha value is -0.970. The van der Waals surface area contributed by atoms with Gasteiger partial charge in [-0.1, -0.05) is 38.4 Å². The average molecular weight is 316 g/mol. The second kappa shape index (κ2) is 7.87. The zero-order valence-corrected chi connectivity index (χ0v) is 14.3. The molecule has 0 saturated carbocycles. The molecule has 1 rings (SSSR count). The lowest BCUT2D eigenvalue weighted by Crippen LogP contribution is -2.40. The number of nitrogens with one attached hydrogen (secondary N) is 1. The van der Waals surface area contributed by atoms with Gasteiger partial charge in [-0.15, -0.1) is 0 Å². The normalized spacial score (nSPS) is 13.1. The monoisotopic (exact) mass is 315 g/mol. The van der Waals surface area contributed by atoms with Crippen molar-refractivity contribution in [1.82, 2.24) is 5.32 Å². The van der Waals surface area contributed by atoms with Gasteiger partial charge in [0.15, 0.2) is 11.5 Å². The first-order chi connectivity index (χ1) is 9.85. The van der Waals surface area contributed by atoms with Gasteiger partial charge in [-0.25, -0.2) is 0 Å². The zero-order valence-electron chi connectivity index (χ0n) is 13.5. The molecule has 21 heavy (non-hydrogen) atoms. The van der Waals surface area contributed by atoms with Gasteiger partial charge in [0, 0.05) is 19.2 Å². The van der Waals surface area contributed by atoms with E-state index in [4.69, 9.17) is 21.1 Å². The minimum atomic E-state index is 0.0613. The van der Waals surface area contributed by atoms with Crippen LogP contribution in [-0.2, 0) is 6.54 Å². The Bertz CT molecular complexity index is 458. The summed E-state index contributed by atoms with van der Waals surface area (Å²) >= 11 is 6.37. The lowest BCUT2D eigenvalue weighted by Gasteiger charge is -2.31. The van der Waals surface area contributed by atoms with Crippen LogP contribution in [0.1, 0.15) is 32.8 Å². The Morgan fingerprint density at radius 1 is 1.24 bits per heavy atom. The first-order valence-corrected chi connectivity index (χ1v) is 7.46. The number of hydrogen-bond acceptors (Lipinski definition) is 4. The predicted octanol–water partition coefficient (Wildman–Crippen LogP) is 3.24. The summed E-state index contributed by atoms with van der Waals surface area (Å²) in [6.07, 6.45) is 0.703. The maximum Gasteiger partial charge on any atom is 0.179 e. The Morgan fingerprint density at radius 2 is 1.90 bits per heavy atom. The molecule has 4 nitrogen and oxygen atoms in total. The molecule has 1 aromatic carbocycles. The molecule has 1 unspecified atom stereocenters. The van der Waals surface area contributed by atoms with Crippen LogP contribution in [0.2, 0.25) is 5.02 Å². The Kier molecular flexibility index (Phi) is 6.78. The van der Waals surface area contributed by atoms with Crippen LogP contribution in [-0.4, -0.2) is 32.0 Å². The number of ether oxygens (including phenoxy) is 2. The first kappa shape index (κ1) is 18.1. The third kappa shape index (κ3) is 4.77. The van der Waals surface area contributed by atoms with Gasteiger partial charge in [0.05, 0.1) is 19.2 Å². The summed E-state index contributed by atoms with van der Waals surface area (Å²) in [5.41, 5.74) is 1.01. The van der Waals surface area contributed by atoms with E-state index in [9.17, 15) is 5.11 Å². The van der Waals surface area contributed by atoms with E-state index in [0.29, 0.717) is 29.5 Å². The maximum atomic E-state index is 9.20. The molecule has 0 aromatic heterocycles. The lowest BCUT2D eigenvalue weighted by molar-refractivity contribution is 0.196. The van der Waals surface area contributed by atoms with Crippen molar-refractivity contribution in [1.29, 1.82) is 0 Å². The number of halogens is 1. The predicted molar refractivity (Wildman–Crippen MR) is 86.3 cm³/mol. The van der Waals surface area contributed by atoms with Crippen molar-refractivity contribution >= 4 is 11.6 Å². The van der Waals surface area contributed by atoms with Gasteiger partial charge in [-0.3, -0.25) is 0 Å². The van der Waals surface area contributed by atoms with E-state index in [1.165, 1.54) is 0 Å². The summed E-state index contributed by atoms with van der Waals surface area (Å²) in [4.78, 5) is 0. The van der Waals surface area contributed by atoms with E-state index >= 15 is 0 Å². The molecule has 5 heteroatoms. The van der Waals surface area contributed by atoms with Gasteiger partial charge in [0.2, 0.25) is 0 Å². The van der Waals surface area contributed by atoms with E-state index in [-0.39, 0.29) is 18.1 Å². The maximum absolute atomic E-state index is 9.20. The summed E-state index contributed by atoms with van der Waals surface area (Å²) in [6, 6.07) is 3.97. The van der Waals surface area contributed by atoms with Gasteiger partial charge < -0.3 is 19.9 Å². The molecular formula is C16H26ClNO3. The van der Waals surface area contributed by atoms with Crippen LogP contribution < -0.4 is 14.8 Å². The van der Waals surface area contributed by atoms with E-state index in [1.807, 2.05) is 12.1 Å². The molecule has 0 bridgehead atoms. The molecule has 0 saturated heterocycles. The van der Waals surface area contributed by atoms with Crippen LogP contribution in [0.4, 0.5) is 0 Å². The quantitative estimate of drug-likeness (QED) is 0.811. The van der Waals surface area contributed by atoms with Crippen molar-refractivity contribution in [3.63, 3.8) is 0 Å². The van der Waals surface area contributed by atoms with Crippen molar-refractivity contribution in [3.05, 3.63) is 22.7 Å². The number of rotatable bonds is 7. The molecule has 0 aliphatic heterocycles. The third-order valence-electron chi connectivity index (χ3n) is 3.57. The molecule has 0 spiro atoms. The Morgan fingerprint density at radius 3 is 2.38 bits per heavy atom. The van der Waals surface area contributed by atoms with Crippen molar-refractivity contribution in [2.75, 3.05) is 20.8 Å². The molecule has 0 heterocycles. The highest BCUT2D eigenvalue weighted by Crippen LogP contribution is 2.37. The molecule has 1 aromatic rings. The van der Waals surface area contributed by atoms with Gasteiger partial charge in [-0.2, -0.15) is 0 Å². The van der Waals surface area contributed by atoms with Crippen molar-refractivity contribution < 1.29 is 14.6 Å². The standard InChI is InChI=1S/C16H26ClNO3/c1-16(2,3)13(8-9-19)18-10-11-6-7-12(20-4)15(21-5)14(11)17/h6-7,13,18-19H,8-10H2,1-5H3. The van der Waals surface area contributed by atoms with Gasteiger partial charge in [-0.05, 0) is 23.5 Å². The molecule has 0 radical (unpaired) electrons. The number of methoxy groups -OCH3 is 2. The van der Waals surface area contributed by atoms with Crippen LogP contribution in [0, 0.1) is 5.41 Å². The highest BCUT2D eigenvalue weighted by molar-refractivity contribution is 6.33. The third-order valence-corrected chi connectivity index (χ3v) is 3.98. The first-order valence-electron chi connectivity index (χ1n) is 7.08. The SMILES string of the molecule is COc1ccc(CNC(CCO)C(C)(C)C)c(Cl)c1OC. The fraction of sp³-hybridized carbons (Fsp3) is 0.625. The fourth-order valence-electron chi connectivity index (χ4n) is 2.27. The van der Waals surface area contributed by atoms with Gasteiger partial charge in [0.25, 0.3) is 0 Å². The van der Waals surface area contributed by atoms with Crippen molar-refractivity contribution in [2.24, 2.45) is 5.41 Å². The number of hydrogen-bond donors (Lipinski definition) is 2. The zero-order chi connectivity index (χ0) is 16.0. The topological polar surface area (TPSA) is 50.7 Å². The van der Waals surface area contributed by atoms with E-state index < -0.39 is 0 Å². The fourth-order valence-corrected chi connectivity index (χ4v) is 2.57. The molecular weight excluding hydrogens is 290 g/mol. The summed E-state index contributed by atoms with van der Waals surface area (Å²) in [5, 5.41) is 13.2. The smallest absolute Gasteiger partial charge is 0.179 e. The molecule has 2 N–H and O–H groups in total. The summed E-state index contributed by atoms with van der Waals surface area (Å²) in [7, 11) is 3.16. The van der Waals surface area contributed by atoms with Crippen molar-refractivity contribution in [3.8, 4) is 11.5 Å². The molecule has 0 amide bonds. The molecule has 0 aliphatic carbocycles. The average Bonchev–Trinajstić information content (AvgIpc) is 2.42. The van der Waals surface area contributed by atoms with Crippen LogP contribution >= 0.6 is 11.6 Å². The largest absolute Gasteiger partial charge is 0.493 e. The highest BCUT2D eigenvalue weighted by atomic mass is 35.5. The number of aliphatic hydroxyl groups is 1. The second-order valence-corrected chi connectivity index (χ2v) is 6.46. The Balaban J connectivity index is 2.88. The molecule has 1 atom stereocenters. The van der Waals surface area contributed by atoms with E-state index in [1.54, 1.807) is 14.2 Å². The lowest BCUT2D eigenvalue weighted by atomic mass is 9.85. The van der Waals surface area contributed by atoms with Crippen LogP contribution in [0.15, 0.2) is 12.1 Å². The summed E-state index contributed by atoms with van der Waals surface area (Å²) in [5.74, 6) is 1.17.